The van der Waals surface area contributed by atoms with Crippen molar-refractivity contribution in [3.05, 3.63) is 88.9 Å². The number of ether oxygens (including phenoxy) is 1. The van der Waals surface area contributed by atoms with Gasteiger partial charge in [0.15, 0.2) is 0 Å². The molecular weight excluding hydrogens is 471 g/mol. The Bertz CT molecular complexity index is 1220. The van der Waals surface area contributed by atoms with E-state index in [0.29, 0.717) is 16.1 Å². The van der Waals surface area contributed by atoms with E-state index in [9.17, 15) is 27.9 Å². The largest absolute Gasteiger partial charge is 0.573 e. The molecular formula is C25H19ClF3NO4. The summed E-state index contributed by atoms with van der Waals surface area (Å²) in [6.07, 6.45) is -4.64. The zero-order valence-corrected chi connectivity index (χ0v) is 18.4. The van der Waals surface area contributed by atoms with Gasteiger partial charge in [0.1, 0.15) is 11.8 Å². The Hall–Kier alpha value is -3.52. The first-order chi connectivity index (χ1) is 16.2. The Morgan fingerprint density at radius 1 is 0.941 bits per heavy atom. The van der Waals surface area contributed by atoms with E-state index in [1.165, 1.54) is 12.1 Å². The Labute approximate surface area is 198 Å². The number of halogens is 4. The van der Waals surface area contributed by atoms with E-state index >= 15 is 0 Å². The summed E-state index contributed by atoms with van der Waals surface area (Å²) >= 11 is 6.33. The minimum Gasteiger partial charge on any atom is -0.480 e. The molecule has 176 valence electrons. The molecule has 1 heterocycles. The van der Waals surface area contributed by atoms with Crippen LogP contribution >= 0.6 is 11.6 Å². The zero-order chi connectivity index (χ0) is 24.5. The van der Waals surface area contributed by atoms with Crippen LogP contribution in [0.5, 0.6) is 5.75 Å². The molecule has 34 heavy (non-hydrogen) atoms. The molecule has 1 saturated heterocycles. The predicted octanol–water partition coefficient (Wildman–Crippen LogP) is 6.34. The van der Waals surface area contributed by atoms with Crippen molar-refractivity contribution < 1.29 is 32.6 Å². The average molecular weight is 490 g/mol. The maximum Gasteiger partial charge on any atom is 0.573 e. The van der Waals surface area contributed by atoms with Crippen LogP contribution in [0.15, 0.2) is 72.8 Å². The number of carboxylic acid groups (broad SMARTS) is 1. The van der Waals surface area contributed by atoms with E-state index in [1.807, 2.05) is 0 Å². The third-order valence-electron chi connectivity index (χ3n) is 5.72. The second kappa shape index (κ2) is 9.38. The summed E-state index contributed by atoms with van der Waals surface area (Å²) in [5, 5.41) is 10.2. The highest BCUT2D eigenvalue weighted by Crippen LogP contribution is 2.43. The lowest BCUT2D eigenvalue weighted by molar-refractivity contribution is -0.274. The Balaban J connectivity index is 1.90. The maximum absolute atomic E-state index is 13.9. The van der Waals surface area contributed by atoms with Gasteiger partial charge in [-0.05, 0) is 41.7 Å². The topological polar surface area (TPSA) is 66.8 Å². The third-order valence-corrected chi connectivity index (χ3v) is 6.06. The molecule has 1 aliphatic heterocycles. The van der Waals surface area contributed by atoms with E-state index in [-0.39, 0.29) is 24.0 Å². The van der Waals surface area contributed by atoms with Crippen LogP contribution in [0.2, 0.25) is 5.02 Å². The fourth-order valence-corrected chi connectivity index (χ4v) is 4.60. The minimum atomic E-state index is -5.05. The van der Waals surface area contributed by atoms with Gasteiger partial charge < -0.3 is 14.7 Å². The molecule has 1 amide bonds. The van der Waals surface area contributed by atoms with E-state index in [2.05, 4.69) is 4.74 Å². The summed E-state index contributed by atoms with van der Waals surface area (Å²) < 4.78 is 43.9. The van der Waals surface area contributed by atoms with Crippen molar-refractivity contribution in [2.75, 3.05) is 0 Å². The molecule has 1 fully saturated rings. The first kappa shape index (κ1) is 23.6. The number of carbonyl (C=O) groups excluding carboxylic acids is 1. The van der Waals surface area contributed by atoms with Gasteiger partial charge in [0.2, 0.25) is 0 Å². The lowest BCUT2D eigenvalue weighted by Gasteiger charge is -2.30. The summed E-state index contributed by atoms with van der Waals surface area (Å²) in [7, 11) is 0. The van der Waals surface area contributed by atoms with Gasteiger partial charge in [-0.1, -0.05) is 72.3 Å². The van der Waals surface area contributed by atoms with E-state index in [1.54, 1.807) is 54.6 Å². The number of amides is 1. The molecule has 4 rings (SSSR count). The van der Waals surface area contributed by atoms with Crippen LogP contribution in [0.3, 0.4) is 0 Å². The number of likely N-dealkylation sites (tertiary alicyclic amines) is 1. The van der Waals surface area contributed by atoms with E-state index in [4.69, 9.17) is 11.6 Å². The molecule has 2 atom stereocenters. The number of benzene rings is 3. The quantitative estimate of drug-likeness (QED) is 0.454. The molecule has 5 nitrogen and oxygen atoms in total. The third kappa shape index (κ3) is 4.72. The van der Waals surface area contributed by atoms with Gasteiger partial charge in [0.25, 0.3) is 5.91 Å². The number of hydrogen-bond donors (Lipinski definition) is 1. The second-order valence-corrected chi connectivity index (χ2v) is 8.18. The molecule has 0 aromatic heterocycles. The summed E-state index contributed by atoms with van der Waals surface area (Å²) in [4.78, 5) is 27.1. The summed E-state index contributed by atoms with van der Waals surface area (Å²) in [6, 6.07) is 17.0. The molecule has 9 heteroatoms. The van der Waals surface area contributed by atoms with Crippen molar-refractivity contribution in [2.45, 2.75) is 31.3 Å². The molecule has 1 aliphatic rings. The number of hydrogen-bond acceptors (Lipinski definition) is 3. The fourth-order valence-electron chi connectivity index (χ4n) is 4.34. The van der Waals surface area contributed by atoms with E-state index < -0.39 is 36.1 Å². The van der Waals surface area contributed by atoms with E-state index in [0.717, 1.165) is 11.0 Å². The Morgan fingerprint density at radius 2 is 1.62 bits per heavy atom. The van der Waals surface area contributed by atoms with Crippen LogP contribution in [0, 0.1) is 0 Å². The summed E-state index contributed by atoms with van der Waals surface area (Å²) in [5.74, 6) is -2.83. The molecule has 0 aliphatic carbocycles. The van der Waals surface area contributed by atoms with Gasteiger partial charge in [-0.3, -0.25) is 4.79 Å². The fraction of sp³-hybridized carbons (Fsp3) is 0.200. The van der Waals surface area contributed by atoms with Gasteiger partial charge in [-0.15, -0.1) is 13.2 Å². The van der Waals surface area contributed by atoms with Crippen LogP contribution < -0.4 is 4.74 Å². The monoisotopic (exact) mass is 489 g/mol. The Morgan fingerprint density at radius 3 is 2.26 bits per heavy atom. The van der Waals surface area contributed by atoms with Crippen molar-refractivity contribution in [3.63, 3.8) is 0 Å². The summed E-state index contributed by atoms with van der Waals surface area (Å²) in [5.41, 5.74) is 0.841. The zero-order valence-electron chi connectivity index (χ0n) is 17.6. The smallest absolute Gasteiger partial charge is 0.480 e. The predicted molar refractivity (Wildman–Crippen MR) is 120 cm³/mol. The molecule has 1 N–H and O–H groups in total. The molecule has 3 aromatic rings. The molecule has 3 aromatic carbocycles. The normalized spacial score (nSPS) is 18.1. The number of rotatable bonds is 5. The molecule has 0 saturated carbocycles. The van der Waals surface area contributed by atoms with Crippen LogP contribution in [-0.4, -0.2) is 34.3 Å². The number of aliphatic carboxylic acids is 1. The minimum absolute atomic E-state index is 0.125. The standard InChI is InChI=1S/C25H19ClF3NO4/c26-18-11-5-4-9-17(18)19-13-14-20(24(32)33)30(19)23(31)22-16(15-7-2-1-3-8-15)10-6-12-21(22)34-25(27,28)29/h1-12,19-20H,13-14H2,(H,32,33). The van der Waals surface area contributed by atoms with Gasteiger partial charge in [0.05, 0.1) is 11.6 Å². The lowest BCUT2D eigenvalue weighted by atomic mass is 9.96. The highest BCUT2D eigenvalue weighted by Gasteiger charge is 2.44. The average Bonchev–Trinajstić information content (AvgIpc) is 3.24. The molecule has 2 unspecified atom stereocenters. The van der Waals surface area contributed by atoms with Gasteiger partial charge in [-0.2, -0.15) is 0 Å². The number of nitrogens with zero attached hydrogens (tertiary/aromatic N) is 1. The maximum atomic E-state index is 13.9. The van der Waals surface area contributed by atoms with Crippen LogP contribution in [-0.2, 0) is 4.79 Å². The first-order valence-corrected chi connectivity index (χ1v) is 10.8. The van der Waals surface area contributed by atoms with Crippen molar-refractivity contribution in [3.8, 4) is 16.9 Å². The van der Waals surface area contributed by atoms with Crippen molar-refractivity contribution >= 4 is 23.5 Å². The lowest BCUT2D eigenvalue weighted by Crippen LogP contribution is -2.42. The van der Waals surface area contributed by atoms with Crippen LogP contribution in [0.4, 0.5) is 13.2 Å². The van der Waals surface area contributed by atoms with Crippen molar-refractivity contribution in [1.29, 1.82) is 0 Å². The number of alkyl halides is 3. The molecule has 0 bridgehead atoms. The molecule has 0 spiro atoms. The SMILES string of the molecule is O=C(O)C1CCC(c2ccccc2Cl)N1C(=O)c1c(OC(F)(F)F)cccc1-c1ccccc1. The number of carboxylic acids is 1. The highest BCUT2D eigenvalue weighted by molar-refractivity contribution is 6.31. The second-order valence-electron chi connectivity index (χ2n) is 7.77. The van der Waals surface area contributed by atoms with Crippen molar-refractivity contribution in [2.24, 2.45) is 0 Å². The number of carbonyl (C=O) groups is 2. The highest BCUT2D eigenvalue weighted by atomic mass is 35.5. The van der Waals surface area contributed by atoms with Crippen LogP contribution in [0.1, 0.15) is 34.8 Å². The van der Waals surface area contributed by atoms with Gasteiger partial charge in [-0.25, -0.2) is 4.79 Å². The van der Waals surface area contributed by atoms with Crippen molar-refractivity contribution in [1.82, 2.24) is 4.90 Å². The molecule has 0 radical (unpaired) electrons. The van der Waals surface area contributed by atoms with Gasteiger partial charge in [0, 0.05) is 5.02 Å². The summed E-state index contributed by atoms with van der Waals surface area (Å²) in [6.45, 7) is 0. The van der Waals surface area contributed by atoms with Crippen LogP contribution in [0.25, 0.3) is 11.1 Å². The Kier molecular flexibility index (Phi) is 6.52. The first-order valence-electron chi connectivity index (χ1n) is 10.4. The van der Waals surface area contributed by atoms with Gasteiger partial charge >= 0.3 is 12.3 Å².